The van der Waals surface area contributed by atoms with Crippen molar-refractivity contribution in [2.45, 2.75) is 51.1 Å². The van der Waals surface area contributed by atoms with E-state index in [2.05, 4.69) is 20.0 Å². The van der Waals surface area contributed by atoms with Crippen molar-refractivity contribution in [1.82, 2.24) is 25.0 Å². The summed E-state index contributed by atoms with van der Waals surface area (Å²) in [5, 5.41) is 4.25. The molecule has 27 heavy (non-hydrogen) atoms. The minimum atomic E-state index is 0.104. The van der Waals surface area contributed by atoms with Gasteiger partial charge in [-0.1, -0.05) is 54.8 Å². The van der Waals surface area contributed by atoms with Crippen LogP contribution in [0.15, 0.2) is 41.2 Å². The van der Waals surface area contributed by atoms with E-state index in [1.54, 1.807) is 6.33 Å². The molecule has 0 saturated heterocycles. The van der Waals surface area contributed by atoms with E-state index in [9.17, 15) is 0 Å². The van der Waals surface area contributed by atoms with Crippen LogP contribution in [0.5, 0.6) is 0 Å². The molecule has 0 spiro atoms. The molecule has 1 fully saturated rings. The molecule has 2 aliphatic rings. The molecule has 6 nitrogen and oxygen atoms in total. The minimum Gasteiger partial charge on any atom is -0.347 e. The predicted octanol–water partition coefficient (Wildman–Crippen LogP) is 4.14. The maximum Gasteiger partial charge on any atom is 0.244 e. The molecule has 3 heterocycles. The van der Waals surface area contributed by atoms with E-state index in [1.807, 2.05) is 30.3 Å². The Morgan fingerprint density at radius 1 is 1.11 bits per heavy atom. The largest absolute Gasteiger partial charge is 0.347 e. The molecule has 1 unspecified atom stereocenters. The summed E-state index contributed by atoms with van der Waals surface area (Å²) in [6.07, 6.45) is 9.39. The maximum atomic E-state index is 5.73. The van der Waals surface area contributed by atoms with Crippen molar-refractivity contribution in [1.29, 1.82) is 0 Å². The number of aromatic amines is 1. The highest BCUT2D eigenvalue weighted by molar-refractivity contribution is 5.53. The van der Waals surface area contributed by atoms with E-state index >= 15 is 0 Å². The van der Waals surface area contributed by atoms with Crippen LogP contribution in [0.2, 0.25) is 0 Å². The Hall–Kier alpha value is -2.47. The van der Waals surface area contributed by atoms with Crippen molar-refractivity contribution in [2.75, 3.05) is 6.54 Å². The Labute approximate surface area is 159 Å². The van der Waals surface area contributed by atoms with Crippen molar-refractivity contribution < 1.29 is 4.52 Å². The van der Waals surface area contributed by atoms with Crippen LogP contribution in [0.1, 0.15) is 55.4 Å². The first-order valence-corrected chi connectivity index (χ1v) is 10.0. The molecule has 5 rings (SSSR count). The fourth-order valence-electron chi connectivity index (χ4n) is 4.50. The number of aromatic nitrogens is 4. The summed E-state index contributed by atoms with van der Waals surface area (Å²) in [6.45, 7) is 1.96. The predicted molar refractivity (Wildman–Crippen MR) is 102 cm³/mol. The van der Waals surface area contributed by atoms with E-state index in [0.717, 1.165) is 36.7 Å². The second kappa shape index (κ2) is 7.27. The Bertz CT molecular complexity index is 881. The molecule has 0 amide bonds. The maximum absolute atomic E-state index is 5.73. The van der Waals surface area contributed by atoms with Gasteiger partial charge in [0, 0.05) is 25.1 Å². The Morgan fingerprint density at radius 2 is 1.96 bits per heavy atom. The normalized spacial score (nSPS) is 21.3. The third-order valence-electron chi connectivity index (χ3n) is 5.97. The van der Waals surface area contributed by atoms with Gasteiger partial charge in [-0.2, -0.15) is 4.98 Å². The van der Waals surface area contributed by atoms with E-state index in [1.165, 1.54) is 37.8 Å². The smallest absolute Gasteiger partial charge is 0.244 e. The van der Waals surface area contributed by atoms with Crippen molar-refractivity contribution in [2.24, 2.45) is 5.92 Å². The monoisotopic (exact) mass is 363 g/mol. The summed E-state index contributed by atoms with van der Waals surface area (Å²) in [4.78, 5) is 15.1. The van der Waals surface area contributed by atoms with Crippen LogP contribution in [0.25, 0.3) is 11.4 Å². The third kappa shape index (κ3) is 3.41. The van der Waals surface area contributed by atoms with Crippen molar-refractivity contribution in [3.63, 3.8) is 0 Å². The fourth-order valence-corrected chi connectivity index (χ4v) is 4.50. The molecule has 140 valence electrons. The summed E-state index contributed by atoms with van der Waals surface area (Å²) < 4.78 is 5.73. The lowest BCUT2D eigenvalue weighted by Gasteiger charge is -2.36. The molecule has 0 bridgehead atoms. The molecular formula is C21H25N5O. The van der Waals surface area contributed by atoms with Crippen molar-refractivity contribution in [3.05, 3.63) is 53.9 Å². The van der Waals surface area contributed by atoms with Gasteiger partial charge in [-0.15, -0.1) is 0 Å². The topological polar surface area (TPSA) is 70.8 Å². The van der Waals surface area contributed by atoms with E-state index < -0.39 is 0 Å². The number of hydrogen-bond acceptors (Lipinski definition) is 5. The Morgan fingerprint density at radius 3 is 2.81 bits per heavy atom. The number of imidazole rings is 1. The van der Waals surface area contributed by atoms with Gasteiger partial charge in [-0.3, -0.25) is 4.90 Å². The van der Waals surface area contributed by atoms with Gasteiger partial charge in [-0.05, 0) is 18.8 Å². The quantitative estimate of drug-likeness (QED) is 0.754. The fraction of sp³-hybridized carbons (Fsp3) is 0.476. The molecule has 1 aliphatic heterocycles. The van der Waals surface area contributed by atoms with Gasteiger partial charge in [0.25, 0.3) is 0 Å². The van der Waals surface area contributed by atoms with E-state index in [0.29, 0.717) is 11.7 Å². The average Bonchev–Trinajstić information content (AvgIpc) is 3.38. The SMILES string of the molecule is c1ccc(-c2noc(C3Cc4nc[nH]c4CN3CC3CCCCC3)n2)cc1. The summed E-state index contributed by atoms with van der Waals surface area (Å²) in [5.74, 6) is 2.14. The zero-order chi connectivity index (χ0) is 18.1. The van der Waals surface area contributed by atoms with Gasteiger partial charge in [-0.25, -0.2) is 4.98 Å². The van der Waals surface area contributed by atoms with Gasteiger partial charge in [0.1, 0.15) is 0 Å². The molecule has 1 atom stereocenters. The van der Waals surface area contributed by atoms with Crippen LogP contribution in [-0.4, -0.2) is 31.6 Å². The van der Waals surface area contributed by atoms with E-state index in [4.69, 9.17) is 9.51 Å². The van der Waals surface area contributed by atoms with Crippen LogP contribution >= 0.6 is 0 Å². The molecule has 1 aliphatic carbocycles. The zero-order valence-electron chi connectivity index (χ0n) is 15.5. The number of hydrogen-bond donors (Lipinski definition) is 1. The minimum absolute atomic E-state index is 0.104. The molecule has 6 heteroatoms. The summed E-state index contributed by atoms with van der Waals surface area (Å²) in [5.41, 5.74) is 3.34. The first-order valence-electron chi connectivity index (χ1n) is 10.0. The molecule has 2 aromatic heterocycles. The second-order valence-corrected chi connectivity index (χ2v) is 7.80. The Balaban J connectivity index is 1.42. The van der Waals surface area contributed by atoms with Crippen LogP contribution in [0, 0.1) is 5.92 Å². The van der Waals surface area contributed by atoms with Crippen LogP contribution < -0.4 is 0 Å². The summed E-state index contributed by atoms with van der Waals surface area (Å²) >= 11 is 0. The molecule has 1 saturated carbocycles. The van der Waals surface area contributed by atoms with Crippen LogP contribution in [0.3, 0.4) is 0 Å². The number of H-pyrrole nitrogens is 1. The van der Waals surface area contributed by atoms with Crippen molar-refractivity contribution >= 4 is 0 Å². The van der Waals surface area contributed by atoms with Gasteiger partial charge in [0.15, 0.2) is 0 Å². The van der Waals surface area contributed by atoms with Gasteiger partial charge in [0.2, 0.25) is 11.7 Å². The highest BCUT2D eigenvalue weighted by Crippen LogP contribution is 2.34. The van der Waals surface area contributed by atoms with Gasteiger partial charge in [0.05, 0.1) is 23.8 Å². The second-order valence-electron chi connectivity index (χ2n) is 7.80. The zero-order valence-corrected chi connectivity index (χ0v) is 15.5. The molecular weight excluding hydrogens is 338 g/mol. The third-order valence-corrected chi connectivity index (χ3v) is 5.97. The lowest BCUT2D eigenvalue weighted by molar-refractivity contribution is 0.104. The molecule has 3 aromatic rings. The number of fused-ring (bicyclic) bond motifs is 1. The number of nitrogens with one attached hydrogen (secondary N) is 1. The molecule has 1 aromatic carbocycles. The van der Waals surface area contributed by atoms with Crippen molar-refractivity contribution in [3.8, 4) is 11.4 Å². The summed E-state index contributed by atoms with van der Waals surface area (Å²) in [7, 11) is 0. The highest BCUT2D eigenvalue weighted by atomic mass is 16.5. The molecule has 1 N–H and O–H groups in total. The van der Waals surface area contributed by atoms with Crippen LogP contribution in [0.4, 0.5) is 0 Å². The number of benzene rings is 1. The van der Waals surface area contributed by atoms with Crippen LogP contribution in [-0.2, 0) is 13.0 Å². The number of nitrogens with zero attached hydrogens (tertiary/aromatic N) is 4. The number of rotatable bonds is 4. The standard InChI is InChI=1S/C21H25N5O/c1-3-7-15(8-4-1)12-26-13-18-17(22-14-23-18)11-19(26)21-24-20(25-27-21)16-9-5-2-6-10-16/h2,5-6,9-10,14-15,19H,1,3-4,7-8,11-13H2,(H,22,23). The first-order chi connectivity index (χ1) is 13.4. The highest BCUT2D eigenvalue weighted by Gasteiger charge is 2.34. The van der Waals surface area contributed by atoms with Gasteiger partial charge >= 0.3 is 0 Å². The summed E-state index contributed by atoms with van der Waals surface area (Å²) in [6, 6.07) is 10.1. The lowest BCUT2D eigenvalue weighted by atomic mass is 9.88. The Kier molecular flexibility index (Phi) is 4.49. The molecule has 0 radical (unpaired) electrons. The van der Waals surface area contributed by atoms with E-state index in [-0.39, 0.29) is 6.04 Å². The first kappa shape index (κ1) is 16.7. The van der Waals surface area contributed by atoms with Gasteiger partial charge < -0.3 is 9.51 Å². The lowest BCUT2D eigenvalue weighted by Crippen LogP contribution is -2.38. The average molecular weight is 363 g/mol.